The summed E-state index contributed by atoms with van der Waals surface area (Å²) in [6.07, 6.45) is 17.9. The Hall–Kier alpha value is -2.61. The van der Waals surface area contributed by atoms with Crippen LogP contribution in [0.2, 0.25) is 0 Å². The SMILES string of the molecule is CCCCCCCCCCCCCCOc1ccc(CN(Cc2cccc[n+]2C)C(=O)c2ccccc2)cc1OC.[I-]. The zero-order valence-corrected chi connectivity index (χ0v) is 28.2. The molecule has 0 bridgehead atoms. The fraction of sp³-hybridized carbons (Fsp3) is 0.500. The van der Waals surface area contributed by atoms with E-state index in [1.807, 2.05) is 78.8 Å². The minimum absolute atomic E-state index is 0. The number of carbonyl (C=O) groups excluding carboxylic acids is 1. The van der Waals surface area contributed by atoms with E-state index in [0.29, 0.717) is 31.0 Å². The summed E-state index contributed by atoms with van der Waals surface area (Å²) in [7, 11) is 3.68. The van der Waals surface area contributed by atoms with Crippen molar-refractivity contribution in [3.63, 3.8) is 0 Å². The molecule has 0 fully saturated rings. The van der Waals surface area contributed by atoms with Crippen molar-refractivity contribution in [2.75, 3.05) is 13.7 Å². The molecule has 2 aromatic carbocycles. The number of benzene rings is 2. The third kappa shape index (κ3) is 12.7. The van der Waals surface area contributed by atoms with Crippen molar-refractivity contribution in [3.05, 3.63) is 89.7 Å². The Kier molecular flexibility index (Phi) is 17.9. The van der Waals surface area contributed by atoms with Crippen LogP contribution in [0.3, 0.4) is 0 Å². The van der Waals surface area contributed by atoms with Crippen molar-refractivity contribution >= 4 is 5.91 Å². The van der Waals surface area contributed by atoms with E-state index in [-0.39, 0.29) is 29.9 Å². The van der Waals surface area contributed by atoms with Crippen LogP contribution in [-0.2, 0) is 20.1 Å². The second kappa shape index (κ2) is 21.1. The van der Waals surface area contributed by atoms with Gasteiger partial charge in [-0.3, -0.25) is 4.79 Å². The van der Waals surface area contributed by atoms with Crippen molar-refractivity contribution in [1.82, 2.24) is 4.90 Å². The highest BCUT2D eigenvalue weighted by atomic mass is 127. The van der Waals surface area contributed by atoms with E-state index < -0.39 is 0 Å². The molecule has 0 aliphatic heterocycles. The molecule has 3 aromatic rings. The first-order valence-electron chi connectivity index (χ1n) is 15.7. The summed E-state index contributed by atoms with van der Waals surface area (Å²) in [5, 5.41) is 0. The van der Waals surface area contributed by atoms with Crippen LogP contribution in [0.1, 0.15) is 106 Å². The van der Waals surface area contributed by atoms with Crippen LogP contribution in [0.25, 0.3) is 0 Å². The maximum Gasteiger partial charge on any atom is 0.254 e. The Morgan fingerprint density at radius 1 is 0.738 bits per heavy atom. The predicted octanol–water partition coefficient (Wildman–Crippen LogP) is 5.45. The minimum atomic E-state index is 0. The summed E-state index contributed by atoms with van der Waals surface area (Å²) in [4.78, 5) is 15.4. The second-order valence-electron chi connectivity index (χ2n) is 11.1. The van der Waals surface area contributed by atoms with Gasteiger partial charge in [0.2, 0.25) is 5.69 Å². The first kappa shape index (κ1) is 35.6. The van der Waals surface area contributed by atoms with Crippen molar-refractivity contribution in [3.8, 4) is 11.5 Å². The van der Waals surface area contributed by atoms with Crippen LogP contribution in [0.4, 0.5) is 0 Å². The number of rotatable bonds is 20. The van der Waals surface area contributed by atoms with Gasteiger partial charge in [-0.2, -0.15) is 0 Å². The molecule has 1 heterocycles. The summed E-state index contributed by atoms with van der Waals surface area (Å²) in [6.45, 7) is 3.94. The lowest BCUT2D eigenvalue weighted by molar-refractivity contribution is -0.680. The van der Waals surface area contributed by atoms with Gasteiger partial charge in [0.15, 0.2) is 17.7 Å². The second-order valence-corrected chi connectivity index (χ2v) is 11.1. The van der Waals surface area contributed by atoms with Crippen LogP contribution in [0, 0.1) is 0 Å². The van der Waals surface area contributed by atoms with Gasteiger partial charge in [0, 0.05) is 24.2 Å². The number of hydrogen-bond donors (Lipinski definition) is 0. The van der Waals surface area contributed by atoms with E-state index in [0.717, 1.165) is 23.4 Å². The fourth-order valence-electron chi connectivity index (χ4n) is 5.16. The van der Waals surface area contributed by atoms with E-state index in [1.165, 1.54) is 70.6 Å². The van der Waals surface area contributed by atoms with Gasteiger partial charge in [0.1, 0.15) is 13.6 Å². The molecule has 1 amide bonds. The third-order valence-corrected chi connectivity index (χ3v) is 7.68. The Labute approximate surface area is 271 Å². The number of halogens is 1. The van der Waals surface area contributed by atoms with Crippen LogP contribution >= 0.6 is 0 Å². The monoisotopic (exact) mass is 686 g/mol. The molecule has 0 unspecified atom stereocenters. The molecule has 230 valence electrons. The molecular formula is C36H51IN2O3. The van der Waals surface area contributed by atoms with Gasteiger partial charge in [-0.25, -0.2) is 4.57 Å². The molecule has 0 saturated carbocycles. The van der Waals surface area contributed by atoms with Gasteiger partial charge in [0.05, 0.1) is 13.7 Å². The van der Waals surface area contributed by atoms with E-state index in [1.54, 1.807) is 7.11 Å². The lowest BCUT2D eigenvalue weighted by Gasteiger charge is -2.22. The summed E-state index contributed by atoms with van der Waals surface area (Å²) in [5.41, 5.74) is 2.74. The van der Waals surface area contributed by atoms with Crippen molar-refractivity contribution in [2.24, 2.45) is 7.05 Å². The molecule has 42 heavy (non-hydrogen) atoms. The summed E-state index contributed by atoms with van der Waals surface area (Å²) in [5.74, 6) is 1.47. The number of amides is 1. The van der Waals surface area contributed by atoms with Crippen LogP contribution in [0.5, 0.6) is 11.5 Å². The smallest absolute Gasteiger partial charge is 0.254 e. The first-order valence-corrected chi connectivity index (χ1v) is 15.7. The molecule has 1 aromatic heterocycles. The number of ether oxygens (including phenoxy) is 2. The highest BCUT2D eigenvalue weighted by molar-refractivity contribution is 5.94. The molecule has 3 rings (SSSR count). The first-order chi connectivity index (χ1) is 20.1. The molecule has 5 nitrogen and oxygen atoms in total. The standard InChI is InChI=1S/C36H51N2O3.HI/c1-4-5-6-7-8-9-10-11-12-13-14-20-27-41-34-25-24-31(28-35(34)40-3)29-38(30-33-23-18-19-26-37(33)2)36(39)32-21-16-15-17-22-32;/h15-19,21-26,28H,4-14,20,27,29-30H2,1-3H3;1H/q+1;/p-1. The maximum absolute atomic E-state index is 13.5. The molecule has 0 aliphatic rings. The van der Waals surface area contributed by atoms with Gasteiger partial charge in [-0.1, -0.05) is 108 Å². The summed E-state index contributed by atoms with van der Waals surface area (Å²) in [6, 6.07) is 21.5. The molecule has 0 N–H and O–H groups in total. The number of nitrogens with zero attached hydrogens (tertiary/aromatic N) is 2. The topological polar surface area (TPSA) is 42.7 Å². The molecule has 6 heteroatoms. The van der Waals surface area contributed by atoms with Crippen LogP contribution < -0.4 is 38.0 Å². The fourth-order valence-corrected chi connectivity index (χ4v) is 5.16. The number of carbonyl (C=O) groups is 1. The molecule has 0 spiro atoms. The Morgan fingerprint density at radius 3 is 1.98 bits per heavy atom. The number of methoxy groups -OCH3 is 1. The van der Waals surface area contributed by atoms with Crippen molar-refractivity contribution in [2.45, 2.75) is 97.1 Å². The Bertz CT molecular complexity index is 1160. The van der Waals surface area contributed by atoms with Gasteiger partial charge in [-0.15, -0.1) is 0 Å². The predicted molar refractivity (Wildman–Crippen MR) is 167 cm³/mol. The zero-order valence-electron chi connectivity index (χ0n) is 26.0. The van der Waals surface area contributed by atoms with Crippen LogP contribution in [-0.4, -0.2) is 24.5 Å². The van der Waals surface area contributed by atoms with E-state index in [4.69, 9.17) is 9.47 Å². The molecule has 0 radical (unpaired) electrons. The number of unbranched alkanes of at least 4 members (excludes halogenated alkanes) is 11. The lowest BCUT2D eigenvalue weighted by atomic mass is 10.1. The van der Waals surface area contributed by atoms with Crippen LogP contribution in [0.15, 0.2) is 72.9 Å². The molecular weight excluding hydrogens is 635 g/mol. The average Bonchev–Trinajstić information content (AvgIpc) is 3.00. The largest absolute Gasteiger partial charge is 1.00 e. The van der Waals surface area contributed by atoms with Crippen molar-refractivity contribution in [1.29, 1.82) is 0 Å². The van der Waals surface area contributed by atoms with E-state index >= 15 is 0 Å². The number of aromatic nitrogens is 1. The highest BCUT2D eigenvalue weighted by Gasteiger charge is 2.21. The van der Waals surface area contributed by atoms with Crippen molar-refractivity contribution < 1.29 is 42.8 Å². The zero-order chi connectivity index (χ0) is 29.1. The van der Waals surface area contributed by atoms with E-state index in [9.17, 15) is 4.79 Å². The van der Waals surface area contributed by atoms with Gasteiger partial charge < -0.3 is 38.4 Å². The summed E-state index contributed by atoms with van der Waals surface area (Å²) >= 11 is 0. The van der Waals surface area contributed by atoms with Gasteiger partial charge >= 0.3 is 0 Å². The lowest BCUT2D eigenvalue weighted by Crippen LogP contribution is -3.00. The Morgan fingerprint density at radius 2 is 1.36 bits per heavy atom. The molecule has 0 saturated heterocycles. The number of aryl methyl sites for hydroxylation is 1. The molecule has 0 aliphatic carbocycles. The van der Waals surface area contributed by atoms with Gasteiger partial charge in [-0.05, 0) is 36.2 Å². The highest BCUT2D eigenvalue weighted by Crippen LogP contribution is 2.29. The maximum atomic E-state index is 13.5. The third-order valence-electron chi connectivity index (χ3n) is 7.68. The molecule has 0 atom stereocenters. The quantitative estimate of drug-likeness (QED) is 0.0904. The number of hydrogen-bond acceptors (Lipinski definition) is 3. The average molecular weight is 687 g/mol. The number of pyridine rings is 1. The normalized spacial score (nSPS) is 10.6. The minimum Gasteiger partial charge on any atom is -1.00 e. The van der Waals surface area contributed by atoms with E-state index in [2.05, 4.69) is 17.6 Å². The van der Waals surface area contributed by atoms with Gasteiger partial charge in [0.25, 0.3) is 5.91 Å². The summed E-state index contributed by atoms with van der Waals surface area (Å²) < 4.78 is 13.8. The Balaban J connectivity index is 0.00000616.